The molecule has 0 fully saturated rings. The van der Waals surface area contributed by atoms with E-state index in [9.17, 15) is 4.79 Å². The van der Waals surface area contributed by atoms with Gasteiger partial charge in [-0.15, -0.1) is 11.8 Å². The van der Waals surface area contributed by atoms with Gasteiger partial charge in [0.05, 0.1) is 31.0 Å². The van der Waals surface area contributed by atoms with Gasteiger partial charge >= 0.3 is 0 Å². The molecule has 0 radical (unpaired) electrons. The Hall–Kier alpha value is -3.10. The summed E-state index contributed by atoms with van der Waals surface area (Å²) in [5.74, 6) is 2.77. The van der Waals surface area contributed by atoms with Crippen molar-refractivity contribution < 1.29 is 14.3 Å². The lowest BCUT2D eigenvalue weighted by atomic mass is 10.1. The topological polar surface area (TPSA) is 76.2 Å². The fraction of sp³-hybridized carbons (Fsp3) is 0.259. The molecule has 0 saturated carbocycles. The first-order valence-corrected chi connectivity index (χ1v) is 13.3. The van der Waals surface area contributed by atoms with E-state index in [1.54, 1.807) is 37.7 Å². The van der Waals surface area contributed by atoms with Gasteiger partial charge in [0.25, 0.3) is 0 Å². The fourth-order valence-corrected chi connectivity index (χ4v) is 5.59. The number of carbonyl (C=O) groups is 1. The zero-order valence-corrected chi connectivity index (χ0v) is 21.7. The van der Waals surface area contributed by atoms with Gasteiger partial charge in [0.1, 0.15) is 11.5 Å². The molecule has 0 aliphatic heterocycles. The largest absolute Gasteiger partial charge is 0.497 e. The Morgan fingerprint density at radius 3 is 2.66 bits per heavy atom. The van der Waals surface area contributed by atoms with E-state index in [1.807, 2.05) is 42.5 Å². The number of carbonyl (C=O) groups excluding carboxylic acids is 1. The summed E-state index contributed by atoms with van der Waals surface area (Å²) < 4.78 is 10.7. The maximum absolute atomic E-state index is 12.5. The predicted molar refractivity (Wildman–Crippen MR) is 144 cm³/mol. The lowest BCUT2D eigenvalue weighted by molar-refractivity contribution is -0.118. The van der Waals surface area contributed by atoms with Crippen molar-refractivity contribution in [2.75, 3.05) is 26.5 Å². The molecule has 0 saturated heterocycles. The molecule has 4 rings (SSSR count). The molecule has 2 N–H and O–H groups in total. The van der Waals surface area contributed by atoms with Crippen molar-refractivity contribution in [2.24, 2.45) is 0 Å². The molecule has 6 nitrogen and oxygen atoms in total. The van der Waals surface area contributed by atoms with Crippen LogP contribution in [-0.4, -0.2) is 42.4 Å². The first kappa shape index (κ1) is 25.0. The molecule has 0 bridgehead atoms. The van der Waals surface area contributed by atoms with Crippen molar-refractivity contribution in [1.29, 1.82) is 0 Å². The third-order valence-electron chi connectivity index (χ3n) is 5.69. The highest BCUT2D eigenvalue weighted by Gasteiger charge is 2.11. The molecule has 0 aliphatic rings. The summed E-state index contributed by atoms with van der Waals surface area (Å²) in [7, 11) is 3.28. The molecule has 0 spiro atoms. The maximum Gasteiger partial charge on any atom is 0.230 e. The number of hydrogen-bond donors (Lipinski definition) is 2. The number of ether oxygens (including phenoxy) is 2. The van der Waals surface area contributed by atoms with Crippen LogP contribution in [0.2, 0.25) is 0 Å². The first-order chi connectivity index (χ1) is 17.1. The molecule has 3 aromatic carbocycles. The van der Waals surface area contributed by atoms with E-state index in [0.717, 1.165) is 43.9 Å². The summed E-state index contributed by atoms with van der Waals surface area (Å²) in [6, 6.07) is 20.0. The predicted octanol–water partition coefficient (Wildman–Crippen LogP) is 5.63. The van der Waals surface area contributed by atoms with E-state index >= 15 is 0 Å². The summed E-state index contributed by atoms with van der Waals surface area (Å²) in [5, 5.41) is 3.92. The number of aromatic amines is 1. The van der Waals surface area contributed by atoms with Gasteiger partial charge in [-0.2, -0.15) is 0 Å². The Kier molecular flexibility index (Phi) is 8.60. The van der Waals surface area contributed by atoms with Crippen LogP contribution in [0.5, 0.6) is 11.5 Å². The lowest BCUT2D eigenvalue weighted by Crippen LogP contribution is -2.27. The molecule has 0 aliphatic carbocycles. The average Bonchev–Trinajstić information content (AvgIpc) is 3.30. The van der Waals surface area contributed by atoms with Crippen LogP contribution in [0.25, 0.3) is 11.0 Å². The van der Waals surface area contributed by atoms with Gasteiger partial charge in [0.2, 0.25) is 5.91 Å². The number of hydrogen-bond acceptors (Lipinski definition) is 6. The quantitative estimate of drug-likeness (QED) is 0.256. The Bertz CT molecular complexity index is 1270. The van der Waals surface area contributed by atoms with E-state index in [2.05, 4.69) is 40.4 Å². The van der Waals surface area contributed by atoms with Crippen LogP contribution in [0.1, 0.15) is 16.7 Å². The van der Waals surface area contributed by atoms with Gasteiger partial charge in [-0.05, 0) is 66.4 Å². The van der Waals surface area contributed by atoms with Crippen molar-refractivity contribution in [3.63, 3.8) is 0 Å². The number of rotatable bonds is 11. The molecular weight excluding hydrogens is 478 g/mol. The van der Waals surface area contributed by atoms with Crippen molar-refractivity contribution in [2.45, 2.75) is 29.1 Å². The van der Waals surface area contributed by atoms with Crippen LogP contribution in [0, 0.1) is 6.92 Å². The number of amides is 1. The third-order valence-corrected chi connectivity index (χ3v) is 7.77. The number of thioether (sulfide) groups is 2. The number of nitrogens with zero attached hydrogens (tertiary/aromatic N) is 1. The second-order valence-electron chi connectivity index (χ2n) is 7.95. The Morgan fingerprint density at radius 2 is 1.86 bits per heavy atom. The first-order valence-electron chi connectivity index (χ1n) is 11.3. The smallest absolute Gasteiger partial charge is 0.230 e. The number of benzene rings is 3. The Labute approximate surface area is 214 Å². The summed E-state index contributed by atoms with van der Waals surface area (Å²) in [6.07, 6.45) is 0.671. The molecule has 8 heteroatoms. The van der Waals surface area contributed by atoms with Crippen LogP contribution in [0.3, 0.4) is 0 Å². The molecule has 0 atom stereocenters. The molecule has 1 aromatic heterocycles. The second kappa shape index (κ2) is 12.0. The summed E-state index contributed by atoms with van der Waals surface area (Å²) in [6.45, 7) is 2.65. The minimum Gasteiger partial charge on any atom is -0.497 e. The van der Waals surface area contributed by atoms with E-state index in [1.165, 1.54) is 11.1 Å². The molecule has 35 heavy (non-hydrogen) atoms. The summed E-state index contributed by atoms with van der Waals surface area (Å²) >= 11 is 3.25. The lowest BCUT2D eigenvalue weighted by Gasteiger charge is -2.12. The zero-order chi connectivity index (χ0) is 24.6. The second-order valence-corrected chi connectivity index (χ2v) is 9.94. The fourth-order valence-electron chi connectivity index (χ4n) is 3.72. The highest BCUT2D eigenvalue weighted by molar-refractivity contribution is 8.00. The van der Waals surface area contributed by atoms with Gasteiger partial charge in [-0.25, -0.2) is 4.98 Å². The number of nitrogens with one attached hydrogen (secondary N) is 2. The highest BCUT2D eigenvalue weighted by Crippen LogP contribution is 2.29. The standard InChI is InChI=1S/C27H29N3O3S2/c1-18-20(16-35-27-29-22-8-4-5-9-23(22)30-27)7-6-10-25(18)34-17-26(31)28-14-13-19-15-21(32-2)11-12-24(19)33-3/h4-12,15H,13-14,16-17H2,1-3H3,(H,28,31)(H,29,30). The number of methoxy groups -OCH3 is 2. The third kappa shape index (κ3) is 6.52. The van der Waals surface area contributed by atoms with Crippen LogP contribution in [0.4, 0.5) is 0 Å². The number of H-pyrrole nitrogens is 1. The van der Waals surface area contributed by atoms with E-state index in [0.29, 0.717) is 18.7 Å². The summed E-state index contributed by atoms with van der Waals surface area (Å²) in [4.78, 5) is 21.6. The van der Waals surface area contributed by atoms with Crippen molar-refractivity contribution in [3.05, 3.63) is 77.4 Å². The van der Waals surface area contributed by atoms with E-state index < -0.39 is 0 Å². The number of aromatic nitrogens is 2. The number of fused-ring (bicyclic) bond motifs is 1. The van der Waals surface area contributed by atoms with Gasteiger partial charge in [0, 0.05) is 17.2 Å². The highest BCUT2D eigenvalue weighted by atomic mass is 32.2. The molecule has 4 aromatic rings. The van der Waals surface area contributed by atoms with Crippen LogP contribution < -0.4 is 14.8 Å². The normalized spacial score (nSPS) is 10.9. The molecule has 1 amide bonds. The van der Waals surface area contributed by atoms with Crippen molar-refractivity contribution >= 4 is 40.5 Å². The van der Waals surface area contributed by atoms with Gasteiger partial charge in [-0.3, -0.25) is 4.79 Å². The molecular formula is C27H29N3O3S2. The van der Waals surface area contributed by atoms with E-state index in [-0.39, 0.29) is 5.91 Å². The van der Waals surface area contributed by atoms with Crippen LogP contribution in [0.15, 0.2) is 70.7 Å². The minimum absolute atomic E-state index is 0.0123. The molecule has 182 valence electrons. The Balaban J connectivity index is 1.28. The van der Waals surface area contributed by atoms with Crippen LogP contribution in [-0.2, 0) is 17.0 Å². The molecule has 1 heterocycles. The van der Waals surface area contributed by atoms with E-state index in [4.69, 9.17) is 9.47 Å². The Morgan fingerprint density at radius 1 is 1.00 bits per heavy atom. The SMILES string of the molecule is COc1ccc(OC)c(CCNC(=O)CSc2cccc(CSc3nc4ccccc4[nH]3)c2C)c1. The summed E-state index contributed by atoms with van der Waals surface area (Å²) in [5.41, 5.74) is 5.48. The van der Waals surface area contributed by atoms with Gasteiger partial charge < -0.3 is 19.8 Å². The van der Waals surface area contributed by atoms with Gasteiger partial charge in [0.15, 0.2) is 5.16 Å². The number of imidazole rings is 1. The zero-order valence-electron chi connectivity index (χ0n) is 20.1. The monoisotopic (exact) mass is 507 g/mol. The number of para-hydroxylation sites is 2. The minimum atomic E-state index is 0.0123. The van der Waals surface area contributed by atoms with Crippen LogP contribution >= 0.6 is 23.5 Å². The maximum atomic E-state index is 12.5. The molecule has 0 unspecified atom stereocenters. The van der Waals surface area contributed by atoms with Gasteiger partial charge in [-0.1, -0.05) is 36.0 Å². The average molecular weight is 508 g/mol. The van der Waals surface area contributed by atoms with Crippen molar-refractivity contribution in [1.82, 2.24) is 15.3 Å². The van der Waals surface area contributed by atoms with Crippen molar-refractivity contribution in [3.8, 4) is 11.5 Å².